The lowest BCUT2D eigenvalue weighted by molar-refractivity contribution is -0.386. The molecule has 0 fully saturated rings. The van der Waals surface area contributed by atoms with Crippen LogP contribution in [0.3, 0.4) is 0 Å². The number of amides is 1. The lowest BCUT2D eigenvalue weighted by Crippen LogP contribution is -2.38. The van der Waals surface area contributed by atoms with Gasteiger partial charge in [-0.15, -0.1) is 0 Å². The lowest BCUT2D eigenvalue weighted by Gasteiger charge is -2.34. The fourth-order valence-corrected chi connectivity index (χ4v) is 4.62. The van der Waals surface area contributed by atoms with Gasteiger partial charge in [-0.1, -0.05) is 31.2 Å². The van der Waals surface area contributed by atoms with Crippen molar-refractivity contribution < 1.29 is 24.4 Å². The van der Waals surface area contributed by atoms with Crippen LogP contribution in [0.4, 0.5) is 5.69 Å². The number of ketones is 1. The average molecular weight is 436 g/mol. The minimum atomic E-state index is -0.710. The number of hydrogen-bond donors (Lipinski definition) is 2. The van der Waals surface area contributed by atoms with E-state index in [0.717, 1.165) is 12.0 Å². The van der Waals surface area contributed by atoms with E-state index in [4.69, 9.17) is 4.74 Å². The van der Waals surface area contributed by atoms with Gasteiger partial charge in [0.2, 0.25) is 11.7 Å². The third-order valence-electron chi connectivity index (χ3n) is 6.29. The van der Waals surface area contributed by atoms with Crippen molar-refractivity contribution in [3.05, 3.63) is 74.5 Å². The van der Waals surface area contributed by atoms with Crippen molar-refractivity contribution in [2.24, 2.45) is 0 Å². The largest absolute Gasteiger partial charge is 0.500 e. The standard InChI is InChI=1S/C24H24N2O6/c1-3-13-4-6-14(7-5-13)15-8-18-23(20(27)10-15)17(12-22(28)25-18)16-9-19(26(30)31)24(29)21(11-16)32-2/h4-7,9,11,15,17,29H,3,8,10,12H2,1-2H3,(H,25,28). The molecule has 4 rings (SSSR count). The minimum absolute atomic E-state index is 0.00841. The highest BCUT2D eigenvalue weighted by Gasteiger charge is 2.39. The number of nitro groups is 1. The van der Waals surface area contributed by atoms with Gasteiger partial charge in [-0.05, 0) is 41.5 Å². The maximum Gasteiger partial charge on any atom is 0.314 e. The van der Waals surface area contributed by atoms with Gasteiger partial charge in [-0.2, -0.15) is 0 Å². The molecular weight excluding hydrogens is 412 g/mol. The van der Waals surface area contributed by atoms with Crippen molar-refractivity contribution in [3.8, 4) is 11.5 Å². The summed E-state index contributed by atoms with van der Waals surface area (Å²) in [6.45, 7) is 2.08. The van der Waals surface area contributed by atoms with Crippen LogP contribution in [-0.2, 0) is 16.0 Å². The van der Waals surface area contributed by atoms with Gasteiger partial charge in [0, 0.05) is 36.1 Å². The number of carbonyl (C=O) groups excluding carboxylic acids is 2. The predicted octanol–water partition coefficient (Wildman–Crippen LogP) is 3.88. The Labute approximate surface area is 185 Å². The summed E-state index contributed by atoms with van der Waals surface area (Å²) in [5.74, 6) is -1.67. The molecule has 0 radical (unpaired) electrons. The fraction of sp³-hybridized carbons (Fsp3) is 0.333. The average Bonchev–Trinajstić information content (AvgIpc) is 2.78. The van der Waals surface area contributed by atoms with Crippen molar-refractivity contribution in [1.82, 2.24) is 5.32 Å². The lowest BCUT2D eigenvalue weighted by atomic mass is 9.73. The number of aryl methyl sites for hydroxylation is 1. The third-order valence-corrected chi connectivity index (χ3v) is 6.29. The van der Waals surface area contributed by atoms with E-state index in [2.05, 4.69) is 12.2 Å². The second-order valence-corrected chi connectivity index (χ2v) is 8.17. The van der Waals surface area contributed by atoms with Crippen LogP contribution in [-0.4, -0.2) is 28.8 Å². The zero-order chi connectivity index (χ0) is 23.0. The summed E-state index contributed by atoms with van der Waals surface area (Å²) < 4.78 is 5.09. The number of phenolic OH excluding ortho intramolecular Hbond substituents is 1. The van der Waals surface area contributed by atoms with E-state index in [1.54, 1.807) is 0 Å². The fourth-order valence-electron chi connectivity index (χ4n) is 4.62. The molecule has 0 aromatic heterocycles. The molecule has 0 spiro atoms. The zero-order valence-corrected chi connectivity index (χ0v) is 17.9. The summed E-state index contributed by atoms with van der Waals surface area (Å²) >= 11 is 0. The Kier molecular flexibility index (Phi) is 5.69. The Balaban J connectivity index is 1.74. The first kappa shape index (κ1) is 21.5. The summed E-state index contributed by atoms with van der Waals surface area (Å²) in [6, 6.07) is 10.8. The van der Waals surface area contributed by atoms with E-state index in [1.165, 1.54) is 24.8 Å². The molecule has 1 aliphatic carbocycles. The molecule has 166 valence electrons. The van der Waals surface area contributed by atoms with E-state index in [-0.39, 0.29) is 29.8 Å². The number of rotatable bonds is 5. The van der Waals surface area contributed by atoms with Crippen molar-refractivity contribution in [2.75, 3.05) is 7.11 Å². The van der Waals surface area contributed by atoms with Crippen LogP contribution < -0.4 is 10.1 Å². The molecule has 2 aliphatic rings. The van der Waals surface area contributed by atoms with Gasteiger partial charge in [0.25, 0.3) is 0 Å². The van der Waals surface area contributed by atoms with Crippen molar-refractivity contribution in [1.29, 1.82) is 0 Å². The van der Waals surface area contributed by atoms with E-state index in [1.807, 2.05) is 24.3 Å². The molecule has 0 bridgehead atoms. The second-order valence-electron chi connectivity index (χ2n) is 8.17. The Morgan fingerprint density at radius 2 is 1.84 bits per heavy atom. The van der Waals surface area contributed by atoms with Crippen LogP contribution in [0.15, 0.2) is 47.7 Å². The van der Waals surface area contributed by atoms with Gasteiger partial charge in [0.1, 0.15) is 0 Å². The van der Waals surface area contributed by atoms with E-state index >= 15 is 0 Å². The topological polar surface area (TPSA) is 119 Å². The number of phenols is 1. The van der Waals surface area contributed by atoms with Gasteiger partial charge in [-0.25, -0.2) is 0 Å². The monoisotopic (exact) mass is 436 g/mol. The van der Waals surface area contributed by atoms with Gasteiger partial charge in [-0.3, -0.25) is 19.7 Å². The van der Waals surface area contributed by atoms with Gasteiger partial charge in [0.15, 0.2) is 11.5 Å². The van der Waals surface area contributed by atoms with Crippen molar-refractivity contribution in [3.63, 3.8) is 0 Å². The highest BCUT2D eigenvalue weighted by atomic mass is 16.6. The molecule has 2 aromatic rings. The molecule has 32 heavy (non-hydrogen) atoms. The maximum atomic E-state index is 13.2. The summed E-state index contributed by atoms with van der Waals surface area (Å²) in [5.41, 5.74) is 3.18. The SMILES string of the molecule is CCc1ccc(C2CC(=O)C3=C(C2)NC(=O)CC3c2cc(OC)c(O)c([N+](=O)[O-])c2)cc1. The molecule has 0 saturated heterocycles. The van der Waals surface area contributed by atoms with Crippen LogP contribution >= 0.6 is 0 Å². The van der Waals surface area contributed by atoms with Crippen molar-refractivity contribution >= 4 is 17.4 Å². The van der Waals surface area contributed by atoms with E-state index in [0.29, 0.717) is 29.7 Å². The van der Waals surface area contributed by atoms with Gasteiger partial charge in [0.05, 0.1) is 12.0 Å². The first-order chi connectivity index (χ1) is 15.3. The van der Waals surface area contributed by atoms with Crippen LogP contribution in [0, 0.1) is 10.1 Å². The maximum absolute atomic E-state index is 13.2. The van der Waals surface area contributed by atoms with Crippen LogP contribution in [0.5, 0.6) is 11.5 Å². The number of benzene rings is 2. The quantitative estimate of drug-likeness (QED) is 0.542. The van der Waals surface area contributed by atoms with Crippen LogP contribution in [0.25, 0.3) is 0 Å². The third kappa shape index (κ3) is 3.84. The van der Waals surface area contributed by atoms with Gasteiger partial charge >= 0.3 is 5.69 Å². The number of nitrogens with zero attached hydrogens (tertiary/aromatic N) is 1. The molecule has 2 atom stereocenters. The molecule has 1 aliphatic heterocycles. The molecule has 2 aromatic carbocycles. The smallest absolute Gasteiger partial charge is 0.314 e. The normalized spacial score (nSPS) is 20.6. The number of ether oxygens (including phenoxy) is 1. The Hall–Kier alpha value is -3.68. The van der Waals surface area contributed by atoms with Crippen molar-refractivity contribution in [2.45, 2.75) is 44.4 Å². The molecule has 8 nitrogen and oxygen atoms in total. The first-order valence-corrected chi connectivity index (χ1v) is 10.5. The highest BCUT2D eigenvalue weighted by Crippen LogP contribution is 2.46. The number of nitro benzene ring substituents is 1. The molecular formula is C24H24N2O6. The number of Topliss-reactive ketones (excluding diaryl/α,β-unsaturated/α-hetero) is 1. The molecule has 8 heteroatoms. The zero-order valence-electron chi connectivity index (χ0n) is 17.9. The van der Waals surface area contributed by atoms with Gasteiger partial charge < -0.3 is 15.2 Å². The van der Waals surface area contributed by atoms with E-state index < -0.39 is 22.3 Å². The Morgan fingerprint density at radius 3 is 2.47 bits per heavy atom. The summed E-state index contributed by atoms with van der Waals surface area (Å²) in [4.78, 5) is 36.5. The molecule has 1 heterocycles. The number of methoxy groups -OCH3 is 1. The van der Waals surface area contributed by atoms with Crippen LogP contribution in [0.2, 0.25) is 0 Å². The molecule has 0 saturated carbocycles. The predicted molar refractivity (Wildman–Crippen MR) is 117 cm³/mol. The Bertz CT molecular complexity index is 1140. The summed E-state index contributed by atoms with van der Waals surface area (Å²) in [7, 11) is 1.29. The number of carbonyl (C=O) groups is 2. The molecule has 2 unspecified atom stereocenters. The number of hydrogen-bond acceptors (Lipinski definition) is 6. The number of allylic oxidation sites excluding steroid dienone is 2. The first-order valence-electron chi connectivity index (χ1n) is 10.5. The highest BCUT2D eigenvalue weighted by molar-refractivity contribution is 6.02. The van der Waals surface area contributed by atoms with E-state index in [9.17, 15) is 24.8 Å². The minimum Gasteiger partial charge on any atom is -0.500 e. The Morgan fingerprint density at radius 1 is 1.12 bits per heavy atom. The number of nitrogens with one attached hydrogen (secondary N) is 1. The summed E-state index contributed by atoms with van der Waals surface area (Å²) in [6.07, 6.45) is 1.73. The second kappa shape index (κ2) is 8.45. The molecule has 2 N–H and O–H groups in total. The number of aromatic hydroxyl groups is 1. The summed E-state index contributed by atoms with van der Waals surface area (Å²) in [5, 5.41) is 24.4. The van der Waals surface area contributed by atoms with Crippen LogP contribution in [0.1, 0.15) is 54.7 Å². The molecule has 1 amide bonds.